The van der Waals surface area contributed by atoms with Gasteiger partial charge in [0, 0.05) is 26.3 Å². The van der Waals surface area contributed by atoms with Crippen LogP contribution < -0.4 is 5.32 Å². The molecule has 1 aliphatic heterocycles. The van der Waals surface area contributed by atoms with Gasteiger partial charge >= 0.3 is 0 Å². The number of aryl methyl sites for hydroxylation is 1. The van der Waals surface area contributed by atoms with Gasteiger partial charge in [-0.2, -0.15) is 0 Å². The van der Waals surface area contributed by atoms with Gasteiger partial charge in [0.25, 0.3) is 0 Å². The number of morpholine rings is 1. The zero-order valence-electron chi connectivity index (χ0n) is 15.0. The average molecular weight is 357 g/mol. The first-order chi connectivity index (χ1) is 12.6. The lowest BCUT2D eigenvalue weighted by atomic mass is 10.1. The molecule has 0 bridgehead atoms. The van der Waals surface area contributed by atoms with Crippen molar-refractivity contribution in [1.82, 2.24) is 9.88 Å². The lowest BCUT2D eigenvalue weighted by Gasteiger charge is -2.33. The van der Waals surface area contributed by atoms with Crippen LogP contribution in [-0.2, 0) is 22.4 Å². The van der Waals surface area contributed by atoms with Gasteiger partial charge in [-0.3, -0.25) is 4.79 Å². The van der Waals surface area contributed by atoms with E-state index in [1.165, 1.54) is 17.7 Å². The summed E-state index contributed by atoms with van der Waals surface area (Å²) >= 11 is 0. The van der Waals surface area contributed by atoms with Crippen molar-refractivity contribution in [3.63, 3.8) is 0 Å². The van der Waals surface area contributed by atoms with E-state index in [2.05, 4.69) is 10.3 Å². The number of benzene rings is 1. The van der Waals surface area contributed by atoms with E-state index in [-0.39, 0.29) is 17.8 Å². The summed E-state index contributed by atoms with van der Waals surface area (Å²) in [5.74, 6) is 0.625. The SMILES string of the molecule is CNc1cc(CC[C@H]2CN(C(=O)Cc3ccc(F)cc3)CCO2)ccn1. The Morgan fingerprint density at radius 1 is 1.31 bits per heavy atom. The lowest BCUT2D eigenvalue weighted by molar-refractivity contribution is -0.138. The number of nitrogens with zero attached hydrogens (tertiary/aromatic N) is 2. The van der Waals surface area contributed by atoms with E-state index in [0.29, 0.717) is 26.1 Å². The number of aromatic nitrogens is 1. The number of carbonyl (C=O) groups is 1. The fourth-order valence-electron chi connectivity index (χ4n) is 3.10. The van der Waals surface area contributed by atoms with E-state index >= 15 is 0 Å². The number of amides is 1. The molecule has 2 aromatic rings. The Morgan fingerprint density at radius 3 is 2.88 bits per heavy atom. The van der Waals surface area contributed by atoms with E-state index in [4.69, 9.17) is 4.74 Å². The molecule has 1 fully saturated rings. The van der Waals surface area contributed by atoms with Gasteiger partial charge in [0.2, 0.25) is 5.91 Å². The van der Waals surface area contributed by atoms with E-state index in [1.54, 1.807) is 18.3 Å². The second-order valence-corrected chi connectivity index (χ2v) is 6.47. The van der Waals surface area contributed by atoms with Crippen LogP contribution >= 0.6 is 0 Å². The number of carbonyl (C=O) groups excluding carboxylic acids is 1. The minimum absolute atomic E-state index is 0.0344. The van der Waals surface area contributed by atoms with Crippen LogP contribution in [-0.4, -0.2) is 48.6 Å². The molecule has 1 amide bonds. The molecule has 0 unspecified atom stereocenters. The molecule has 1 saturated heterocycles. The van der Waals surface area contributed by atoms with Gasteiger partial charge in [0.05, 0.1) is 19.1 Å². The molecule has 1 aromatic carbocycles. The zero-order valence-corrected chi connectivity index (χ0v) is 15.0. The lowest BCUT2D eigenvalue weighted by Crippen LogP contribution is -2.46. The first-order valence-corrected chi connectivity index (χ1v) is 8.90. The molecule has 6 heteroatoms. The van der Waals surface area contributed by atoms with Crippen LogP contribution in [0, 0.1) is 5.82 Å². The Labute approximate surface area is 153 Å². The highest BCUT2D eigenvalue weighted by Crippen LogP contribution is 2.15. The molecule has 0 radical (unpaired) electrons. The number of ether oxygens (including phenoxy) is 1. The zero-order chi connectivity index (χ0) is 18.4. The van der Waals surface area contributed by atoms with Gasteiger partial charge in [-0.05, 0) is 48.2 Å². The fraction of sp³-hybridized carbons (Fsp3) is 0.400. The minimum atomic E-state index is -0.287. The Balaban J connectivity index is 1.51. The molecule has 2 heterocycles. The molecule has 1 aliphatic rings. The van der Waals surface area contributed by atoms with E-state index < -0.39 is 0 Å². The molecule has 1 atom stereocenters. The van der Waals surface area contributed by atoms with Crippen molar-refractivity contribution >= 4 is 11.7 Å². The normalized spacial score (nSPS) is 17.2. The minimum Gasteiger partial charge on any atom is -0.375 e. The molecule has 3 rings (SSSR count). The van der Waals surface area contributed by atoms with Crippen molar-refractivity contribution in [2.24, 2.45) is 0 Å². The summed E-state index contributed by atoms with van der Waals surface area (Å²) < 4.78 is 18.8. The number of anilines is 1. The molecule has 1 N–H and O–H groups in total. The van der Waals surface area contributed by atoms with E-state index in [9.17, 15) is 9.18 Å². The Bertz CT molecular complexity index is 736. The number of hydrogen-bond donors (Lipinski definition) is 1. The van der Waals surface area contributed by atoms with Crippen LogP contribution in [0.4, 0.5) is 10.2 Å². The average Bonchev–Trinajstić information content (AvgIpc) is 2.68. The quantitative estimate of drug-likeness (QED) is 0.864. The van der Waals surface area contributed by atoms with E-state index in [1.807, 2.05) is 24.1 Å². The summed E-state index contributed by atoms with van der Waals surface area (Å²) in [6.07, 6.45) is 3.85. The van der Waals surface area contributed by atoms with Crippen molar-refractivity contribution in [1.29, 1.82) is 0 Å². The third-order valence-corrected chi connectivity index (χ3v) is 4.60. The van der Waals surface area contributed by atoms with Crippen LogP contribution in [0.1, 0.15) is 17.5 Å². The fourth-order valence-corrected chi connectivity index (χ4v) is 3.10. The van der Waals surface area contributed by atoms with Gasteiger partial charge in [0.15, 0.2) is 0 Å². The summed E-state index contributed by atoms with van der Waals surface area (Å²) in [4.78, 5) is 18.6. The summed E-state index contributed by atoms with van der Waals surface area (Å²) in [5.41, 5.74) is 2.03. The second kappa shape index (κ2) is 8.76. The van der Waals surface area contributed by atoms with Crippen molar-refractivity contribution in [2.45, 2.75) is 25.4 Å². The van der Waals surface area contributed by atoms with Crippen molar-refractivity contribution in [3.05, 3.63) is 59.5 Å². The first kappa shape index (κ1) is 18.3. The third kappa shape index (κ3) is 5.02. The van der Waals surface area contributed by atoms with Crippen LogP contribution in [0.2, 0.25) is 0 Å². The number of pyridine rings is 1. The molecule has 0 saturated carbocycles. The Kier molecular flexibility index (Phi) is 6.17. The second-order valence-electron chi connectivity index (χ2n) is 6.47. The predicted molar refractivity (Wildman–Crippen MR) is 98.5 cm³/mol. The van der Waals surface area contributed by atoms with Crippen molar-refractivity contribution in [3.8, 4) is 0 Å². The molecule has 0 aliphatic carbocycles. The van der Waals surface area contributed by atoms with Gasteiger partial charge in [-0.25, -0.2) is 9.37 Å². The molecular formula is C20H24FN3O2. The maximum atomic E-state index is 13.0. The molecule has 138 valence electrons. The van der Waals surface area contributed by atoms with Gasteiger partial charge in [-0.1, -0.05) is 12.1 Å². The Hall–Kier alpha value is -2.47. The van der Waals surface area contributed by atoms with Gasteiger partial charge in [0.1, 0.15) is 11.6 Å². The maximum absolute atomic E-state index is 13.0. The molecule has 0 spiro atoms. The van der Waals surface area contributed by atoms with Gasteiger partial charge < -0.3 is 15.0 Å². The summed E-state index contributed by atoms with van der Waals surface area (Å²) in [6, 6.07) is 10.1. The predicted octanol–water partition coefficient (Wildman–Crippen LogP) is 2.67. The molecule has 5 nitrogen and oxygen atoms in total. The number of nitrogens with one attached hydrogen (secondary N) is 1. The van der Waals surface area contributed by atoms with Crippen LogP contribution in [0.15, 0.2) is 42.6 Å². The summed E-state index contributed by atoms with van der Waals surface area (Å²) in [5, 5.41) is 3.04. The highest BCUT2D eigenvalue weighted by molar-refractivity contribution is 5.78. The summed E-state index contributed by atoms with van der Waals surface area (Å²) in [6.45, 7) is 1.76. The van der Waals surface area contributed by atoms with Crippen molar-refractivity contribution < 1.29 is 13.9 Å². The molecule has 1 aromatic heterocycles. The first-order valence-electron chi connectivity index (χ1n) is 8.90. The third-order valence-electron chi connectivity index (χ3n) is 4.60. The standard InChI is InChI=1S/C20H24FN3O2/c1-22-19-12-16(8-9-23-19)4-7-18-14-24(10-11-26-18)20(25)13-15-2-5-17(21)6-3-15/h2-3,5-6,8-9,12,18H,4,7,10-11,13-14H2,1H3,(H,22,23)/t18-/m0/s1. The number of hydrogen-bond acceptors (Lipinski definition) is 4. The number of rotatable bonds is 6. The smallest absolute Gasteiger partial charge is 0.227 e. The highest BCUT2D eigenvalue weighted by Gasteiger charge is 2.24. The van der Waals surface area contributed by atoms with Crippen LogP contribution in [0.25, 0.3) is 0 Å². The van der Waals surface area contributed by atoms with Crippen molar-refractivity contribution in [2.75, 3.05) is 32.1 Å². The van der Waals surface area contributed by atoms with Gasteiger partial charge in [-0.15, -0.1) is 0 Å². The molecule has 26 heavy (non-hydrogen) atoms. The van der Waals surface area contributed by atoms with Crippen LogP contribution in [0.5, 0.6) is 0 Å². The summed E-state index contributed by atoms with van der Waals surface area (Å²) in [7, 11) is 1.85. The Morgan fingerprint density at radius 2 is 2.12 bits per heavy atom. The topological polar surface area (TPSA) is 54.5 Å². The van der Waals surface area contributed by atoms with E-state index in [0.717, 1.165) is 24.2 Å². The van der Waals surface area contributed by atoms with Crippen LogP contribution in [0.3, 0.4) is 0 Å². The monoisotopic (exact) mass is 357 g/mol. The maximum Gasteiger partial charge on any atom is 0.227 e. The largest absolute Gasteiger partial charge is 0.375 e. The molecular weight excluding hydrogens is 333 g/mol. The highest BCUT2D eigenvalue weighted by atomic mass is 19.1. The number of halogens is 1.